The molecule has 3 aromatic rings. The van der Waals surface area contributed by atoms with Gasteiger partial charge in [-0.3, -0.25) is 0 Å². The zero-order valence-electron chi connectivity index (χ0n) is 16.3. The number of nitrogens with zero attached hydrogens (tertiary/aromatic N) is 6. The molecule has 28 heavy (non-hydrogen) atoms. The first-order valence-electron chi connectivity index (χ1n) is 9.87. The molecule has 6 nitrogen and oxygen atoms in total. The second-order valence-electron chi connectivity index (χ2n) is 6.94. The van der Waals surface area contributed by atoms with Crippen LogP contribution in [0.25, 0.3) is 0 Å². The van der Waals surface area contributed by atoms with Crippen LogP contribution in [0, 0.1) is 0 Å². The zero-order chi connectivity index (χ0) is 19.2. The maximum absolute atomic E-state index is 4.88. The summed E-state index contributed by atoms with van der Waals surface area (Å²) in [6.07, 6.45) is 1.77. The van der Waals surface area contributed by atoms with Crippen molar-refractivity contribution in [3.05, 3.63) is 72.4 Å². The Bertz CT molecular complexity index is 862. The fraction of sp³-hybridized carbons (Fsp3) is 0.318. The number of hydrogen-bond donors (Lipinski definition) is 0. The number of likely N-dealkylation sites (N-methyl/N-ethyl adjacent to an activating group) is 1. The van der Waals surface area contributed by atoms with Crippen LogP contribution >= 0.6 is 0 Å². The van der Waals surface area contributed by atoms with Gasteiger partial charge in [0, 0.05) is 31.9 Å². The second kappa shape index (κ2) is 8.80. The van der Waals surface area contributed by atoms with Crippen LogP contribution in [0.5, 0.6) is 0 Å². The van der Waals surface area contributed by atoms with Gasteiger partial charge in [-0.2, -0.15) is 10.1 Å². The number of aromatic nitrogens is 3. The van der Waals surface area contributed by atoms with E-state index in [4.69, 9.17) is 4.98 Å². The van der Waals surface area contributed by atoms with Gasteiger partial charge < -0.3 is 14.7 Å². The summed E-state index contributed by atoms with van der Waals surface area (Å²) in [5.41, 5.74) is 2.26. The maximum atomic E-state index is 4.88. The van der Waals surface area contributed by atoms with Crippen molar-refractivity contribution in [3.8, 4) is 0 Å². The molecule has 0 N–H and O–H groups in total. The Morgan fingerprint density at radius 3 is 2.25 bits per heavy atom. The summed E-state index contributed by atoms with van der Waals surface area (Å²) < 4.78 is 0. The first kappa shape index (κ1) is 18.4. The summed E-state index contributed by atoms with van der Waals surface area (Å²) in [6, 6.07) is 20.6. The van der Waals surface area contributed by atoms with E-state index in [-0.39, 0.29) is 0 Å². The van der Waals surface area contributed by atoms with Crippen molar-refractivity contribution in [1.29, 1.82) is 0 Å². The lowest BCUT2D eigenvalue weighted by molar-refractivity contribution is 0.270. The highest BCUT2D eigenvalue weighted by atomic mass is 15.4. The standard InChI is InChI=1S/C22H26N6/c1-2-26-13-15-27(16-14-26)21-17-23-25-22(24-21)28(20-11-7-4-8-12-20)18-19-9-5-3-6-10-19/h3-12,17H,2,13-16,18H2,1H3. The van der Waals surface area contributed by atoms with Gasteiger partial charge in [0.2, 0.25) is 0 Å². The van der Waals surface area contributed by atoms with Crippen LogP contribution in [0.2, 0.25) is 0 Å². The van der Waals surface area contributed by atoms with Crippen molar-refractivity contribution in [2.45, 2.75) is 13.5 Å². The number of benzene rings is 2. The molecule has 2 heterocycles. The van der Waals surface area contributed by atoms with Crippen molar-refractivity contribution >= 4 is 17.5 Å². The Balaban J connectivity index is 1.61. The number of piperazine rings is 1. The van der Waals surface area contributed by atoms with Gasteiger partial charge in [-0.15, -0.1) is 5.10 Å². The lowest BCUT2D eigenvalue weighted by Gasteiger charge is -2.34. The largest absolute Gasteiger partial charge is 0.353 e. The first-order valence-corrected chi connectivity index (χ1v) is 9.87. The van der Waals surface area contributed by atoms with E-state index >= 15 is 0 Å². The molecular formula is C22H26N6. The minimum atomic E-state index is 0.630. The number of anilines is 3. The van der Waals surface area contributed by atoms with E-state index in [0.717, 1.165) is 44.2 Å². The van der Waals surface area contributed by atoms with E-state index < -0.39 is 0 Å². The fourth-order valence-electron chi connectivity index (χ4n) is 3.50. The predicted octanol–water partition coefficient (Wildman–Crippen LogP) is 3.35. The number of hydrogen-bond acceptors (Lipinski definition) is 6. The van der Waals surface area contributed by atoms with Crippen molar-refractivity contribution in [2.24, 2.45) is 0 Å². The van der Waals surface area contributed by atoms with Gasteiger partial charge in [-0.1, -0.05) is 55.5 Å². The lowest BCUT2D eigenvalue weighted by atomic mass is 10.2. The summed E-state index contributed by atoms with van der Waals surface area (Å²) in [6.45, 7) is 8.05. The SMILES string of the molecule is CCN1CCN(c2cnnc(N(Cc3ccccc3)c3ccccc3)n2)CC1. The van der Waals surface area contributed by atoms with Gasteiger partial charge in [-0.25, -0.2) is 0 Å². The van der Waals surface area contributed by atoms with Gasteiger partial charge in [0.05, 0.1) is 12.7 Å². The van der Waals surface area contributed by atoms with Crippen LogP contribution in [0.1, 0.15) is 12.5 Å². The normalized spacial score (nSPS) is 14.8. The van der Waals surface area contributed by atoms with E-state index in [1.807, 2.05) is 24.3 Å². The third-order valence-electron chi connectivity index (χ3n) is 5.17. The van der Waals surface area contributed by atoms with Crippen molar-refractivity contribution < 1.29 is 0 Å². The minimum absolute atomic E-state index is 0.630. The number of rotatable bonds is 6. The summed E-state index contributed by atoms with van der Waals surface area (Å²) >= 11 is 0. The highest BCUT2D eigenvalue weighted by Crippen LogP contribution is 2.25. The van der Waals surface area contributed by atoms with Gasteiger partial charge in [0.15, 0.2) is 5.82 Å². The summed E-state index contributed by atoms with van der Waals surface area (Å²) in [7, 11) is 0. The third-order valence-corrected chi connectivity index (χ3v) is 5.17. The molecule has 0 bridgehead atoms. The molecule has 0 unspecified atom stereocenters. The zero-order valence-corrected chi connectivity index (χ0v) is 16.3. The first-order chi connectivity index (χ1) is 13.8. The van der Waals surface area contributed by atoms with Gasteiger partial charge in [0.25, 0.3) is 5.95 Å². The van der Waals surface area contributed by atoms with Gasteiger partial charge in [-0.05, 0) is 24.2 Å². The van der Waals surface area contributed by atoms with Crippen LogP contribution in [-0.2, 0) is 6.54 Å². The van der Waals surface area contributed by atoms with Gasteiger partial charge >= 0.3 is 0 Å². The van der Waals surface area contributed by atoms with Crippen LogP contribution < -0.4 is 9.80 Å². The molecule has 1 fully saturated rings. The van der Waals surface area contributed by atoms with Gasteiger partial charge in [0.1, 0.15) is 0 Å². The van der Waals surface area contributed by atoms with E-state index in [0.29, 0.717) is 12.5 Å². The smallest absolute Gasteiger partial charge is 0.252 e. The Hall–Kier alpha value is -2.99. The van der Waals surface area contributed by atoms with E-state index in [9.17, 15) is 0 Å². The molecule has 1 aliphatic heterocycles. The highest BCUT2D eigenvalue weighted by Gasteiger charge is 2.20. The molecule has 0 radical (unpaired) electrons. The Kier molecular flexibility index (Phi) is 5.77. The molecule has 1 aliphatic rings. The minimum Gasteiger partial charge on any atom is -0.353 e. The third kappa shape index (κ3) is 4.28. The lowest BCUT2D eigenvalue weighted by Crippen LogP contribution is -2.46. The van der Waals surface area contributed by atoms with E-state index in [1.165, 1.54) is 5.56 Å². The van der Waals surface area contributed by atoms with E-state index in [1.54, 1.807) is 6.20 Å². The molecule has 0 aliphatic carbocycles. The topological polar surface area (TPSA) is 48.4 Å². The quantitative estimate of drug-likeness (QED) is 0.659. The monoisotopic (exact) mass is 374 g/mol. The Morgan fingerprint density at radius 2 is 1.57 bits per heavy atom. The Morgan fingerprint density at radius 1 is 0.893 bits per heavy atom. The summed E-state index contributed by atoms with van der Waals surface area (Å²) in [5, 5.41) is 8.64. The van der Waals surface area contributed by atoms with Crippen LogP contribution in [0.3, 0.4) is 0 Å². The summed E-state index contributed by atoms with van der Waals surface area (Å²) in [5.74, 6) is 1.53. The molecule has 0 saturated carbocycles. The molecule has 0 amide bonds. The van der Waals surface area contributed by atoms with Crippen LogP contribution in [0.15, 0.2) is 66.9 Å². The number of para-hydroxylation sites is 1. The maximum Gasteiger partial charge on any atom is 0.252 e. The highest BCUT2D eigenvalue weighted by molar-refractivity contribution is 5.58. The predicted molar refractivity (Wildman–Crippen MR) is 113 cm³/mol. The molecule has 144 valence electrons. The van der Waals surface area contributed by atoms with Crippen molar-refractivity contribution in [3.63, 3.8) is 0 Å². The average molecular weight is 374 g/mol. The summed E-state index contributed by atoms with van der Waals surface area (Å²) in [4.78, 5) is 11.8. The van der Waals surface area contributed by atoms with Crippen molar-refractivity contribution in [2.75, 3.05) is 42.5 Å². The molecule has 2 aromatic carbocycles. The van der Waals surface area contributed by atoms with Crippen LogP contribution in [-0.4, -0.2) is 52.8 Å². The Labute approximate surface area is 166 Å². The fourth-order valence-corrected chi connectivity index (χ4v) is 3.50. The molecule has 4 rings (SSSR count). The molecule has 0 atom stereocenters. The van der Waals surface area contributed by atoms with Crippen LogP contribution in [0.4, 0.5) is 17.5 Å². The molecule has 1 saturated heterocycles. The molecule has 6 heteroatoms. The van der Waals surface area contributed by atoms with E-state index in [2.05, 4.69) is 68.2 Å². The molecule has 0 spiro atoms. The second-order valence-corrected chi connectivity index (χ2v) is 6.94. The average Bonchev–Trinajstić information content (AvgIpc) is 2.79. The molecular weight excluding hydrogens is 348 g/mol. The molecule has 1 aromatic heterocycles. The van der Waals surface area contributed by atoms with Crippen molar-refractivity contribution in [1.82, 2.24) is 20.1 Å².